The van der Waals surface area contributed by atoms with Gasteiger partial charge in [-0.05, 0) is 56.4 Å². The summed E-state index contributed by atoms with van der Waals surface area (Å²) < 4.78 is 10.8. The molecule has 0 heterocycles. The van der Waals surface area contributed by atoms with E-state index in [9.17, 15) is 9.90 Å². The van der Waals surface area contributed by atoms with Crippen molar-refractivity contribution >= 4 is 5.97 Å². The zero-order chi connectivity index (χ0) is 17.7. The van der Waals surface area contributed by atoms with Crippen LogP contribution in [0.15, 0.2) is 48.5 Å². The van der Waals surface area contributed by atoms with Gasteiger partial charge in [-0.1, -0.05) is 24.3 Å². The van der Waals surface area contributed by atoms with E-state index >= 15 is 0 Å². The number of aliphatic hydroxyl groups is 1. The molecule has 2 atom stereocenters. The number of nitrogens with zero attached hydrogens (tertiary/aromatic N) is 1. The zero-order valence-corrected chi connectivity index (χ0v) is 14.4. The summed E-state index contributed by atoms with van der Waals surface area (Å²) in [6.45, 7) is 3.32. The van der Waals surface area contributed by atoms with Gasteiger partial charge in [0.2, 0.25) is 0 Å². The fraction of sp³-hybridized carbons (Fsp3) is 0.316. The van der Waals surface area contributed by atoms with Crippen molar-refractivity contribution in [3.05, 3.63) is 59.7 Å². The summed E-state index contributed by atoms with van der Waals surface area (Å²) >= 11 is 0. The van der Waals surface area contributed by atoms with Crippen LogP contribution in [0.1, 0.15) is 31.1 Å². The van der Waals surface area contributed by atoms with E-state index in [0.29, 0.717) is 5.75 Å². The average Bonchev–Trinajstić information content (AvgIpc) is 2.55. The van der Waals surface area contributed by atoms with Crippen molar-refractivity contribution in [3.8, 4) is 11.5 Å². The summed E-state index contributed by atoms with van der Waals surface area (Å²) in [6.07, 6.45) is -0.786. The number of hydrogen-bond donors (Lipinski definition) is 1. The van der Waals surface area contributed by atoms with Crippen molar-refractivity contribution in [1.82, 2.24) is 4.90 Å². The van der Waals surface area contributed by atoms with E-state index in [-0.39, 0.29) is 12.2 Å². The van der Waals surface area contributed by atoms with Crippen LogP contribution in [0.3, 0.4) is 0 Å². The number of carbonyl (C=O) groups excluding carboxylic acids is 1. The van der Waals surface area contributed by atoms with Crippen LogP contribution in [-0.4, -0.2) is 36.3 Å². The second kappa shape index (κ2) is 7.95. The molecule has 0 saturated heterocycles. The third-order valence-corrected chi connectivity index (χ3v) is 3.69. The van der Waals surface area contributed by atoms with Gasteiger partial charge < -0.3 is 14.6 Å². The maximum absolute atomic E-state index is 10.9. The predicted molar refractivity (Wildman–Crippen MR) is 92.0 cm³/mol. The minimum absolute atomic E-state index is 0.0328. The third kappa shape index (κ3) is 4.81. The Balaban J connectivity index is 2.06. The minimum Gasteiger partial charge on any atom is -0.475 e. The minimum atomic E-state index is -0.753. The standard InChI is InChI=1S/C19H23NO4/c1-13(20(3)4)23-17-9-5-15(6-10-17)19(22)16-7-11-18(12-8-16)24-14(2)21/h5-13,19,22H,1-4H3. The topological polar surface area (TPSA) is 59.0 Å². The summed E-state index contributed by atoms with van der Waals surface area (Å²) in [5.41, 5.74) is 1.49. The summed E-state index contributed by atoms with van der Waals surface area (Å²) in [4.78, 5) is 12.9. The van der Waals surface area contributed by atoms with Crippen LogP contribution in [0.4, 0.5) is 0 Å². The Morgan fingerprint density at radius 2 is 1.42 bits per heavy atom. The molecule has 2 aromatic rings. The summed E-state index contributed by atoms with van der Waals surface area (Å²) in [5, 5.41) is 10.5. The summed E-state index contributed by atoms with van der Waals surface area (Å²) in [5.74, 6) is 0.836. The van der Waals surface area contributed by atoms with Crippen molar-refractivity contribution in [2.75, 3.05) is 14.1 Å². The van der Waals surface area contributed by atoms with Gasteiger partial charge in [-0.3, -0.25) is 9.69 Å². The van der Waals surface area contributed by atoms with Crippen molar-refractivity contribution in [1.29, 1.82) is 0 Å². The largest absolute Gasteiger partial charge is 0.475 e. The Morgan fingerprint density at radius 1 is 0.958 bits per heavy atom. The van der Waals surface area contributed by atoms with Crippen LogP contribution >= 0.6 is 0 Å². The molecule has 5 nitrogen and oxygen atoms in total. The fourth-order valence-corrected chi connectivity index (χ4v) is 2.11. The lowest BCUT2D eigenvalue weighted by Gasteiger charge is -2.21. The zero-order valence-electron chi connectivity index (χ0n) is 14.4. The molecule has 0 aliphatic rings. The quantitative estimate of drug-likeness (QED) is 0.501. The highest BCUT2D eigenvalue weighted by atomic mass is 16.5. The van der Waals surface area contributed by atoms with Gasteiger partial charge in [0.05, 0.1) is 0 Å². The van der Waals surface area contributed by atoms with Crippen LogP contribution in [0.2, 0.25) is 0 Å². The second-order valence-electron chi connectivity index (χ2n) is 5.82. The number of hydrogen-bond acceptors (Lipinski definition) is 5. The molecule has 0 radical (unpaired) electrons. The molecule has 24 heavy (non-hydrogen) atoms. The molecule has 2 unspecified atom stereocenters. The molecule has 0 aliphatic carbocycles. The first-order chi connectivity index (χ1) is 11.4. The molecule has 128 valence electrons. The average molecular weight is 329 g/mol. The van der Waals surface area contributed by atoms with Gasteiger partial charge in [0.1, 0.15) is 23.8 Å². The molecular formula is C19H23NO4. The third-order valence-electron chi connectivity index (χ3n) is 3.69. The first-order valence-electron chi connectivity index (χ1n) is 7.76. The molecule has 0 spiro atoms. The van der Waals surface area contributed by atoms with Gasteiger partial charge >= 0.3 is 5.97 Å². The molecule has 1 N–H and O–H groups in total. The van der Waals surface area contributed by atoms with E-state index in [1.807, 2.05) is 50.2 Å². The normalized spacial score (nSPS) is 13.4. The van der Waals surface area contributed by atoms with Gasteiger partial charge in [-0.25, -0.2) is 0 Å². The van der Waals surface area contributed by atoms with E-state index < -0.39 is 6.10 Å². The lowest BCUT2D eigenvalue weighted by molar-refractivity contribution is -0.131. The molecule has 0 fully saturated rings. The Hall–Kier alpha value is -2.37. The Kier molecular flexibility index (Phi) is 5.95. The van der Waals surface area contributed by atoms with Gasteiger partial charge in [0, 0.05) is 6.92 Å². The van der Waals surface area contributed by atoms with Crippen molar-refractivity contribution in [2.24, 2.45) is 0 Å². The molecule has 2 aromatic carbocycles. The van der Waals surface area contributed by atoms with Crippen LogP contribution in [0.5, 0.6) is 11.5 Å². The summed E-state index contributed by atoms with van der Waals surface area (Å²) in [7, 11) is 3.89. The molecule has 2 rings (SSSR count). The molecule has 0 aromatic heterocycles. The van der Waals surface area contributed by atoms with Gasteiger partial charge in [0.25, 0.3) is 0 Å². The number of ether oxygens (including phenoxy) is 2. The second-order valence-corrected chi connectivity index (χ2v) is 5.82. The van der Waals surface area contributed by atoms with Gasteiger partial charge in [-0.15, -0.1) is 0 Å². The molecule has 0 saturated carbocycles. The van der Waals surface area contributed by atoms with Crippen molar-refractivity contribution < 1.29 is 19.4 Å². The van der Waals surface area contributed by atoms with Crippen LogP contribution < -0.4 is 9.47 Å². The smallest absolute Gasteiger partial charge is 0.308 e. The first-order valence-corrected chi connectivity index (χ1v) is 7.76. The monoisotopic (exact) mass is 329 g/mol. The van der Waals surface area contributed by atoms with E-state index in [4.69, 9.17) is 9.47 Å². The number of aliphatic hydroxyl groups excluding tert-OH is 1. The van der Waals surface area contributed by atoms with Crippen LogP contribution in [0.25, 0.3) is 0 Å². The van der Waals surface area contributed by atoms with E-state index in [1.165, 1.54) is 6.92 Å². The molecular weight excluding hydrogens is 306 g/mol. The van der Waals surface area contributed by atoms with Gasteiger partial charge in [-0.2, -0.15) is 0 Å². The van der Waals surface area contributed by atoms with Gasteiger partial charge in [0.15, 0.2) is 0 Å². The van der Waals surface area contributed by atoms with Crippen molar-refractivity contribution in [3.63, 3.8) is 0 Å². The number of carbonyl (C=O) groups is 1. The predicted octanol–water partition coefficient (Wildman–Crippen LogP) is 2.98. The number of rotatable bonds is 6. The Bertz CT molecular complexity index is 665. The van der Waals surface area contributed by atoms with E-state index in [2.05, 4.69) is 0 Å². The summed E-state index contributed by atoms with van der Waals surface area (Å²) in [6, 6.07) is 14.2. The molecule has 5 heteroatoms. The maximum atomic E-state index is 10.9. The molecule has 0 bridgehead atoms. The number of benzene rings is 2. The Morgan fingerprint density at radius 3 is 1.83 bits per heavy atom. The molecule has 0 aliphatic heterocycles. The van der Waals surface area contributed by atoms with E-state index in [0.717, 1.165) is 16.9 Å². The van der Waals surface area contributed by atoms with E-state index in [1.54, 1.807) is 24.3 Å². The Labute approximate surface area is 142 Å². The lowest BCUT2D eigenvalue weighted by Crippen LogP contribution is -2.30. The SMILES string of the molecule is CC(=O)Oc1ccc(C(O)c2ccc(OC(C)N(C)C)cc2)cc1. The van der Waals surface area contributed by atoms with Crippen LogP contribution in [-0.2, 0) is 4.79 Å². The maximum Gasteiger partial charge on any atom is 0.308 e. The fourth-order valence-electron chi connectivity index (χ4n) is 2.11. The van der Waals surface area contributed by atoms with Crippen molar-refractivity contribution in [2.45, 2.75) is 26.2 Å². The highest BCUT2D eigenvalue weighted by Crippen LogP contribution is 2.26. The first kappa shape index (κ1) is 18.0. The highest BCUT2D eigenvalue weighted by molar-refractivity contribution is 5.69. The highest BCUT2D eigenvalue weighted by Gasteiger charge is 2.12. The van der Waals surface area contributed by atoms with Crippen LogP contribution in [0, 0.1) is 0 Å². The molecule has 0 amide bonds. The number of esters is 1. The lowest BCUT2D eigenvalue weighted by atomic mass is 10.0.